The van der Waals surface area contributed by atoms with E-state index in [-0.39, 0.29) is 11.1 Å². The second-order valence-corrected chi connectivity index (χ2v) is 5.38. The molecule has 0 aromatic heterocycles. The van der Waals surface area contributed by atoms with Gasteiger partial charge in [0.1, 0.15) is 5.75 Å². The van der Waals surface area contributed by atoms with Gasteiger partial charge in [-0.05, 0) is 41.9 Å². The van der Waals surface area contributed by atoms with E-state index >= 15 is 0 Å². The highest BCUT2D eigenvalue weighted by molar-refractivity contribution is 6.31. The molecule has 0 saturated heterocycles. The third kappa shape index (κ3) is 2.61. The molecule has 2 aromatic rings. The van der Waals surface area contributed by atoms with Gasteiger partial charge in [-0.25, -0.2) is 8.78 Å². The van der Waals surface area contributed by atoms with Gasteiger partial charge >= 0.3 is 0 Å². The zero-order valence-electron chi connectivity index (χ0n) is 11.4. The highest BCUT2D eigenvalue weighted by atomic mass is 35.5. The minimum atomic E-state index is -0.944. The van der Waals surface area contributed by atoms with Crippen LogP contribution in [0, 0.1) is 11.6 Å². The van der Waals surface area contributed by atoms with Crippen LogP contribution < -0.4 is 10.1 Å². The molecule has 1 heterocycles. The standard InChI is InChI=1S/C16H14ClF2NO/c1-20-16(11-7-13(18)14(19)8-12(11)17)10-2-3-15-9(6-10)4-5-21-15/h2-3,6-8,16,20H,4-5H2,1H3. The molecule has 0 bridgehead atoms. The van der Waals surface area contributed by atoms with Gasteiger partial charge in [-0.2, -0.15) is 0 Å². The lowest BCUT2D eigenvalue weighted by Crippen LogP contribution is -2.18. The van der Waals surface area contributed by atoms with Crippen molar-refractivity contribution in [3.8, 4) is 5.75 Å². The highest BCUT2D eigenvalue weighted by Gasteiger charge is 2.20. The maximum Gasteiger partial charge on any atom is 0.160 e. The Morgan fingerprint density at radius 3 is 2.71 bits per heavy atom. The Morgan fingerprint density at radius 1 is 1.19 bits per heavy atom. The molecule has 0 aliphatic carbocycles. The Bertz CT molecular complexity index is 690. The van der Waals surface area contributed by atoms with Crippen molar-refractivity contribution in [2.45, 2.75) is 12.5 Å². The average Bonchev–Trinajstić information content (AvgIpc) is 2.92. The van der Waals surface area contributed by atoms with E-state index < -0.39 is 11.6 Å². The molecule has 1 N–H and O–H groups in total. The summed E-state index contributed by atoms with van der Waals surface area (Å²) in [5.74, 6) is -0.968. The summed E-state index contributed by atoms with van der Waals surface area (Å²) in [4.78, 5) is 0. The zero-order valence-corrected chi connectivity index (χ0v) is 12.2. The summed E-state index contributed by atoms with van der Waals surface area (Å²) in [5.41, 5.74) is 2.57. The number of hydrogen-bond acceptors (Lipinski definition) is 2. The Balaban J connectivity index is 2.04. The van der Waals surface area contributed by atoms with Crippen molar-refractivity contribution in [1.29, 1.82) is 0 Å². The quantitative estimate of drug-likeness (QED) is 0.869. The van der Waals surface area contributed by atoms with E-state index in [0.29, 0.717) is 12.2 Å². The molecule has 0 amide bonds. The third-order valence-electron chi connectivity index (χ3n) is 3.69. The summed E-state index contributed by atoms with van der Waals surface area (Å²) in [6.07, 6.45) is 0.852. The van der Waals surface area contributed by atoms with E-state index in [2.05, 4.69) is 5.32 Å². The molecule has 0 spiro atoms. The van der Waals surface area contributed by atoms with Crippen LogP contribution in [0.2, 0.25) is 5.02 Å². The monoisotopic (exact) mass is 309 g/mol. The van der Waals surface area contributed by atoms with Gasteiger partial charge in [0.15, 0.2) is 11.6 Å². The van der Waals surface area contributed by atoms with Crippen LogP contribution in [0.5, 0.6) is 5.75 Å². The van der Waals surface area contributed by atoms with Crippen LogP contribution in [0.15, 0.2) is 30.3 Å². The van der Waals surface area contributed by atoms with Gasteiger partial charge in [0.25, 0.3) is 0 Å². The molecule has 5 heteroatoms. The second-order valence-electron chi connectivity index (χ2n) is 4.98. The van der Waals surface area contributed by atoms with Crippen LogP contribution >= 0.6 is 11.6 Å². The lowest BCUT2D eigenvalue weighted by molar-refractivity contribution is 0.357. The van der Waals surface area contributed by atoms with E-state index in [4.69, 9.17) is 16.3 Å². The summed E-state index contributed by atoms with van der Waals surface area (Å²) in [6, 6.07) is 7.66. The van der Waals surface area contributed by atoms with Gasteiger partial charge < -0.3 is 10.1 Å². The fourth-order valence-electron chi connectivity index (χ4n) is 2.65. The number of halogens is 3. The van der Waals surface area contributed by atoms with E-state index in [1.54, 1.807) is 7.05 Å². The minimum absolute atomic E-state index is 0.199. The van der Waals surface area contributed by atoms with Crippen LogP contribution in [0.25, 0.3) is 0 Å². The van der Waals surface area contributed by atoms with Crippen LogP contribution in [0.1, 0.15) is 22.7 Å². The number of ether oxygens (including phenoxy) is 1. The third-order valence-corrected chi connectivity index (χ3v) is 4.01. The summed E-state index contributed by atoms with van der Waals surface area (Å²) in [7, 11) is 1.76. The summed E-state index contributed by atoms with van der Waals surface area (Å²) < 4.78 is 32.2. The van der Waals surface area contributed by atoms with E-state index in [9.17, 15) is 8.78 Å². The maximum absolute atomic E-state index is 13.5. The molecule has 2 nitrogen and oxygen atoms in total. The van der Waals surface area contributed by atoms with Crippen LogP contribution in [0.3, 0.4) is 0 Å². The molecule has 0 saturated carbocycles. The van der Waals surface area contributed by atoms with Crippen LogP contribution in [-0.4, -0.2) is 13.7 Å². The molecule has 0 radical (unpaired) electrons. The fourth-order valence-corrected chi connectivity index (χ4v) is 2.91. The molecule has 3 rings (SSSR count). The molecule has 21 heavy (non-hydrogen) atoms. The molecular weight excluding hydrogens is 296 g/mol. The zero-order chi connectivity index (χ0) is 15.0. The fraction of sp³-hybridized carbons (Fsp3) is 0.250. The Morgan fingerprint density at radius 2 is 1.95 bits per heavy atom. The first-order chi connectivity index (χ1) is 10.1. The molecule has 2 aromatic carbocycles. The summed E-state index contributed by atoms with van der Waals surface area (Å²) >= 11 is 6.07. The van der Waals surface area contributed by atoms with Crippen LogP contribution in [-0.2, 0) is 6.42 Å². The SMILES string of the molecule is CNC(c1ccc2c(c1)CCO2)c1cc(F)c(F)cc1Cl. The van der Waals surface area contributed by atoms with Gasteiger partial charge in [0, 0.05) is 11.4 Å². The lowest BCUT2D eigenvalue weighted by Gasteiger charge is -2.19. The Kier molecular flexibility index (Phi) is 3.83. The Hall–Kier alpha value is -1.65. The predicted octanol–water partition coefficient (Wildman–Crippen LogP) is 3.86. The minimum Gasteiger partial charge on any atom is -0.493 e. The topological polar surface area (TPSA) is 21.3 Å². The van der Waals surface area contributed by atoms with Gasteiger partial charge in [-0.3, -0.25) is 0 Å². The molecule has 1 aliphatic rings. The highest BCUT2D eigenvalue weighted by Crippen LogP contribution is 2.33. The molecule has 1 unspecified atom stereocenters. The Labute approximate surface area is 126 Å². The normalized spacial score (nSPS) is 14.7. The van der Waals surface area contributed by atoms with Gasteiger partial charge in [-0.15, -0.1) is 0 Å². The number of hydrogen-bond donors (Lipinski definition) is 1. The van der Waals surface area contributed by atoms with E-state index in [1.807, 2.05) is 18.2 Å². The van der Waals surface area contributed by atoms with Gasteiger partial charge in [0.2, 0.25) is 0 Å². The first-order valence-corrected chi connectivity index (χ1v) is 7.05. The van der Waals surface area contributed by atoms with Crippen molar-refractivity contribution >= 4 is 11.6 Å². The maximum atomic E-state index is 13.5. The van der Waals surface area contributed by atoms with E-state index in [0.717, 1.165) is 35.4 Å². The van der Waals surface area contributed by atoms with Crippen molar-refractivity contribution in [3.63, 3.8) is 0 Å². The molecule has 0 fully saturated rings. The lowest BCUT2D eigenvalue weighted by atomic mass is 9.96. The van der Waals surface area contributed by atoms with E-state index in [1.165, 1.54) is 0 Å². The number of fused-ring (bicyclic) bond motifs is 1. The van der Waals surface area contributed by atoms with Gasteiger partial charge in [-0.1, -0.05) is 23.7 Å². The number of benzene rings is 2. The largest absolute Gasteiger partial charge is 0.493 e. The number of nitrogens with one attached hydrogen (secondary N) is 1. The molecular formula is C16H14ClF2NO. The summed E-state index contributed by atoms with van der Waals surface area (Å²) in [6.45, 7) is 0.676. The molecule has 1 atom stereocenters. The predicted molar refractivity (Wildman–Crippen MR) is 77.9 cm³/mol. The smallest absolute Gasteiger partial charge is 0.160 e. The van der Waals surface area contributed by atoms with Crippen molar-refractivity contribution in [3.05, 3.63) is 63.7 Å². The van der Waals surface area contributed by atoms with Crippen LogP contribution in [0.4, 0.5) is 8.78 Å². The first-order valence-electron chi connectivity index (χ1n) is 6.67. The van der Waals surface area contributed by atoms with Crippen molar-refractivity contribution in [2.75, 3.05) is 13.7 Å². The summed E-state index contributed by atoms with van der Waals surface area (Å²) in [5, 5.41) is 3.30. The van der Waals surface area contributed by atoms with Crippen molar-refractivity contribution in [2.24, 2.45) is 0 Å². The second kappa shape index (κ2) is 5.62. The number of rotatable bonds is 3. The van der Waals surface area contributed by atoms with Gasteiger partial charge in [0.05, 0.1) is 12.6 Å². The first kappa shape index (κ1) is 14.3. The average molecular weight is 310 g/mol. The van der Waals surface area contributed by atoms with Crippen molar-refractivity contribution in [1.82, 2.24) is 5.32 Å². The molecule has 110 valence electrons. The van der Waals surface area contributed by atoms with Crippen molar-refractivity contribution < 1.29 is 13.5 Å². The molecule has 1 aliphatic heterocycles.